The minimum atomic E-state index is -0.721. The SMILES string of the molecule is COc1ccc(C(=O)NC(=O)COC(=O)c2ccc3cn[nH]c3c2)cc1. The van der Waals surface area contributed by atoms with Gasteiger partial charge in [0.2, 0.25) is 0 Å². The molecule has 0 atom stereocenters. The van der Waals surface area contributed by atoms with Crippen LogP contribution in [-0.4, -0.2) is 41.7 Å². The summed E-state index contributed by atoms with van der Waals surface area (Å²) in [6.07, 6.45) is 1.63. The summed E-state index contributed by atoms with van der Waals surface area (Å²) in [4.78, 5) is 35.8. The molecule has 0 bridgehead atoms. The van der Waals surface area contributed by atoms with Gasteiger partial charge in [-0.15, -0.1) is 0 Å². The van der Waals surface area contributed by atoms with E-state index in [0.29, 0.717) is 11.3 Å². The van der Waals surface area contributed by atoms with Gasteiger partial charge in [0.25, 0.3) is 11.8 Å². The van der Waals surface area contributed by atoms with Crippen molar-refractivity contribution in [3.05, 3.63) is 59.8 Å². The second-order valence-electron chi connectivity index (χ2n) is 5.35. The average Bonchev–Trinajstić information content (AvgIpc) is 3.13. The highest BCUT2D eigenvalue weighted by atomic mass is 16.5. The molecule has 0 saturated carbocycles. The number of benzene rings is 2. The molecule has 0 aliphatic rings. The lowest BCUT2D eigenvalue weighted by molar-refractivity contribution is -0.123. The highest BCUT2D eigenvalue weighted by Crippen LogP contribution is 2.13. The van der Waals surface area contributed by atoms with E-state index in [4.69, 9.17) is 9.47 Å². The van der Waals surface area contributed by atoms with Crippen LogP contribution in [0.25, 0.3) is 10.9 Å². The lowest BCUT2D eigenvalue weighted by Gasteiger charge is -2.06. The van der Waals surface area contributed by atoms with Crippen molar-refractivity contribution in [3.63, 3.8) is 0 Å². The molecule has 0 unspecified atom stereocenters. The van der Waals surface area contributed by atoms with E-state index in [0.717, 1.165) is 5.39 Å². The van der Waals surface area contributed by atoms with Gasteiger partial charge in [-0.1, -0.05) is 6.07 Å². The molecule has 0 fully saturated rings. The van der Waals surface area contributed by atoms with Crippen molar-refractivity contribution in [2.24, 2.45) is 0 Å². The second kappa shape index (κ2) is 7.47. The fourth-order valence-corrected chi connectivity index (χ4v) is 2.26. The summed E-state index contributed by atoms with van der Waals surface area (Å²) < 4.78 is 9.93. The van der Waals surface area contributed by atoms with Crippen molar-refractivity contribution < 1.29 is 23.9 Å². The third-order valence-corrected chi connectivity index (χ3v) is 3.62. The Morgan fingerprint density at radius 1 is 1.08 bits per heavy atom. The van der Waals surface area contributed by atoms with Gasteiger partial charge < -0.3 is 9.47 Å². The van der Waals surface area contributed by atoms with Crippen LogP contribution in [0, 0.1) is 0 Å². The van der Waals surface area contributed by atoms with Crippen LogP contribution in [-0.2, 0) is 9.53 Å². The Kier molecular flexibility index (Phi) is 4.93. The average molecular weight is 353 g/mol. The zero-order valence-electron chi connectivity index (χ0n) is 13.8. The van der Waals surface area contributed by atoms with E-state index in [1.807, 2.05) is 0 Å². The van der Waals surface area contributed by atoms with Crippen LogP contribution in [0.4, 0.5) is 0 Å². The molecule has 1 aromatic heterocycles. The molecule has 0 saturated heterocycles. The maximum atomic E-state index is 12.0. The molecular weight excluding hydrogens is 338 g/mol. The van der Waals surface area contributed by atoms with Crippen LogP contribution < -0.4 is 10.1 Å². The van der Waals surface area contributed by atoms with Crippen LogP contribution in [0.15, 0.2) is 48.7 Å². The third kappa shape index (κ3) is 3.86. The number of nitrogens with one attached hydrogen (secondary N) is 2. The van der Waals surface area contributed by atoms with Gasteiger partial charge in [-0.3, -0.25) is 20.0 Å². The van der Waals surface area contributed by atoms with E-state index in [1.165, 1.54) is 19.2 Å². The van der Waals surface area contributed by atoms with Crippen LogP contribution in [0.1, 0.15) is 20.7 Å². The van der Waals surface area contributed by atoms with E-state index in [1.54, 1.807) is 36.5 Å². The fraction of sp³-hybridized carbons (Fsp3) is 0.111. The number of carbonyl (C=O) groups is 3. The predicted octanol–water partition coefficient (Wildman–Crippen LogP) is 1.68. The molecule has 2 N–H and O–H groups in total. The quantitative estimate of drug-likeness (QED) is 0.675. The number of hydrogen-bond donors (Lipinski definition) is 2. The Labute approximate surface area is 148 Å². The number of amides is 2. The first-order valence-electron chi connectivity index (χ1n) is 7.65. The molecule has 0 spiro atoms. The summed E-state index contributed by atoms with van der Waals surface area (Å²) in [7, 11) is 1.51. The van der Waals surface area contributed by atoms with E-state index >= 15 is 0 Å². The standard InChI is InChI=1S/C18H15N3O5/c1-25-14-6-4-11(5-7-14)17(23)20-16(22)10-26-18(24)12-2-3-13-9-19-21-15(13)8-12/h2-9H,10H2,1H3,(H,19,21)(H,20,22,23). The van der Waals surface area contributed by atoms with E-state index in [9.17, 15) is 14.4 Å². The zero-order chi connectivity index (χ0) is 18.5. The number of hydrogen-bond acceptors (Lipinski definition) is 6. The normalized spacial score (nSPS) is 10.3. The van der Waals surface area contributed by atoms with Gasteiger partial charge in [-0.25, -0.2) is 4.79 Å². The summed E-state index contributed by atoms with van der Waals surface area (Å²) >= 11 is 0. The van der Waals surface area contributed by atoms with Gasteiger partial charge in [0, 0.05) is 10.9 Å². The van der Waals surface area contributed by atoms with E-state index < -0.39 is 24.4 Å². The maximum Gasteiger partial charge on any atom is 0.338 e. The number of fused-ring (bicyclic) bond motifs is 1. The number of ether oxygens (including phenoxy) is 2. The molecule has 0 aliphatic carbocycles. The first-order valence-corrected chi connectivity index (χ1v) is 7.65. The molecule has 26 heavy (non-hydrogen) atoms. The molecule has 3 aromatic rings. The maximum absolute atomic E-state index is 12.0. The van der Waals surface area contributed by atoms with Gasteiger partial charge in [0.15, 0.2) is 6.61 Å². The number of carbonyl (C=O) groups excluding carboxylic acids is 3. The van der Waals surface area contributed by atoms with Crippen LogP contribution in [0.3, 0.4) is 0 Å². The van der Waals surface area contributed by atoms with E-state index in [2.05, 4.69) is 15.5 Å². The summed E-state index contributed by atoms with van der Waals surface area (Å²) in [5.74, 6) is -1.39. The van der Waals surface area contributed by atoms with Gasteiger partial charge in [0.05, 0.1) is 24.4 Å². The molecular formula is C18H15N3O5. The smallest absolute Gasteiger partial charge is 0.338 e. The number of aromatic amines is 1. The number of esters is 1. The highest BCUT2D eigenvalue weighted by Gasteiger charge is 2.14. The molecule has 2 aromatic carbocycles. The third-order valence-electron chi connectivity index (χ3n) is 3.62. The van der Waals surface area contributed by atoms with E-state index in [-0.39, 0.29) is 11.1 Å². The predicted molar refractivity (Wildman–Crippen MR) is 91.8 cm³/mol. The minimum absolute atomic E-state index is 0.274. The van der Waals surface area contributed by atoms with Crippen molar-refractivity contribution in [2.75, 3.05) is 13.7 Å². The second-order valence-corrected chi connectivity index (χ2v) is 5.35. The summed E-state index contributed by atoms with van der Waals surface area (Å²) in [5, 5.41) is 9.61. The Balaban J connectivity index is 1.54. The molecule has 3 rings (SSSR count). The number of nitrogens with zero attached hydrogens (tertiary/aromatic N) is 1. The number of H-pyrrole nitrogens is 1. The van der Waals surface area contributed by atoms with Gasteiger partial charge in [-0.2, -0.15) is 5.10 Å². The molecule has 0 aliphatic heterocycles. The van der Waals surface area contributed by atoms with Crippen molar-refractivity contribution in [1.82, 2.24) is 15.5 Å². The van der Waals surface area contributed by atoms with Gasteiger partial charge in [0.1, 0.15) is 5.75 Å². The Morgan fingerprint density at radius 2 is 1.81 bits per heavy atom. The monoisotopic (exact) mass is 353 g/mol. The molecule has 2 amide bonds. The summed E-state index contributed by atoms with van der Waals surface area (Å²) in [5.41, 5.74) is 1.24. The Hall–Kier alpha value is -3.68. The lowest BCUT2D eigenvalue weighted by Crippen LogP contribution is -2.34. The fourth-order valence-electron chi connectivity index (χ4n) is 2.26. The number of aromatic nitrogens is 2. The number of imide groups is 1. The first-order chi connectivity index (χ1) is 12.6. The van der Waals surface area contributed by atoms with Crippen molar-refractivity contribution in [3.8, 4) is 5.75 Å². The van der Waals surface area contributed by atoms with Crippen LogP contribution >= 0.6 is 0 Å². The number of rotatable bonds is 5. The van der Waals surface area contributed by atoms with Gasteiger partial charge in [-0.05, 0) is 36.4 Å². The molecule has 8 nitrogen and oxygen atoms in total. The number of methoxy groups -OCH3 is 1. The highest BCUT2D eigenvalue weighted by molar-refractivity contribution is 6.05. The molecule has 1 heterocycles. The van der Waals surface area contributed by atoms with Crippen LogP contribution in [0.5, 0.6) is 5.75 Å². The van der Waals surface area contributed by atoms with Gasteiger partial charge >= 0.3 is 5.97 Å². The molecule has 0 radical (unpaired) electrons. The first kappa shape index (κ1) is 17.2. The summed E-state index contributed by atoms with van der Waals surface area (Å²) in [6, 6.07) is 11.1. The van der Waals surface area contributed by atoms with Crippen molar-refractivity contribution >= 4 is 28.7 Å². The molecule has 8 heteroatoms. The topological polar surface area (TPSA) is 110 Å². The zero-order valence-corrected chi connectivity index (χ0v) is 13.8. The Morgan fingerprint density at radius 3 is 2.54 bits per heavy atom. The minimum Gasteiger partial charge on any atom is -0.497 e. The lowest BCUT2D eigenvalue weighted by atomic mass is 10.2. The molecule has 132 valence electrons. The Bertz CT molecular complexity index is 962. The van der Waals surface area contributed by atoms with Crippen LogP contribution in [0.2, 0.25) is 0 Å². The van der Waals surface area contributed by atoms with Crippen molar-refractivity contribution in [2.45, 2.75) is 0 Å². The largest absolute Gasteiger partial charge is 0.497 e. The van der Waals surface area contributed by atoms with Crippen molar-refractivity contribution in [1.29, 1.82) is 0 Å². The summed E-state index contributed by atoms with van der Waals surface area (Å²) in [6.45, 7) is -0.568.